The summed E-state index contributed by atoms with van der Waals surface area (Å²) in [5, 5.41) is 0. The molecule has 0 spiro atoms. The first kappa shape index (κ1) is 13.5. The van der Waals surface area contributed by atoms with E-state index in [0.29, 0.717) is 16.7 Å². The molecular formula is C17H29NO. The van der Waals surface area contributed by atoms with Gasteiger partial charge in [0.1, 0.15) is 0 Å². The number of hydrogen-bond acceptors (Lipinski definition) is 1. The molecular weight excluding hydrogens is 234 g/mol. The third kappa shape index (κ3) is 1.94. The molecule has 4 saturated carbocycles. The van der Waals surface area contributed by atoms with Gasteiger partial charge in [-0.2, -0.15) is 0 Å². The van der Waals surface area contributed by atoms with Gasteiger partial charge in [-0.25, -0.2) is 0 Å². The van der Waals surface area contributed by atoms with Gasteiger partial charge in [0.15, 0.2) is 0 Å². The van der Waals surface area contributed by atoms with E-state index >= 15 is 0 Å². The number of amides is 1. The third-order valence-corrected chi connectivity index (χ3v) is 6.13. The maximum Gasteiger partial charge on any atom is 0.228 e. The fourth-order valence-electron chi connectivity index (χ4n) is 6.53. The minimum Gasteiger partial charge on any atom is -0.343 e. The first-order chi connectivity index (χ1) is 8.84. The third-order valence-electron chi connectivity index (χ3n) is 6.13. The molecule has 0 N–H and O–H groups in total. The van der Waals surface area contributed by atoms with Crippen LogP contribution in [0.15, 0.2) is 0 Å². The van der Waals surface area contributed by atoms with E-state index in [0.717, 1.165) is 31.8 Å². The van der Waals surface area contributed by atoms with E-state index in [9.17, 15) is 4.79 Å². The van der Waals surface area contributed by atoms with Crippen molar-refractivity contribution < 1.29 is 4.79 Å². The van der Waals surface area contributed by atoms with Gasteiger partial charge in [-0.15, -0.1) is 0 Å². The number of rotatable bonds is 3. The maximum atomic E-state index is 13.1. The van der Waals surface area contributed by atoms with Crippen molar-refractivity contribution in [2.75, 3.05) is 13.1 Å². The van der Waals surface area contributed by atoms with Crippen molar-refractivity contribution in [1.82, 2.24) is 4.90 Å². The van der Waals surface area contributed by atoms with E-state index in [1.807, 2.05) is 0 Å². The molecule has 2 nitrogen and oxygen atoms in total. The van der Waals surface area contributed by atoms with E-state index in [1.165, 1.54) is 25.7 Å². The molecule has 0 aromatic carbocycles. The Morgan fingerprint density at radius 3 is 1.95 bits per heavy atom. The zero-order chi connectivity index (χ0) is 13.9. The molecule has 4 aliphatic rings. The van der Waals surface area contributed by atoms with Crippen LogP contribution < -0.4 is 0 Å². The van der Waals surface area contributed by atoms with Crippen molar-refractivity contribution in [2.24, 2.45) is 22.2 Å². The largest absolute Gasteiger partial charge is 0.343 e. The highest BCUT2D eigenvalue weighted by Gasteiger charge is 2.63. The number of hydrogen-bond donors (Lipinski definition) is 0. The molecule has 0 aliphatic heterocycles. The summed E-state index contributed by atoms with van der Waals surface area (Å²) >= 11 is 0. The molecule has 1 amide bonds. The van der Waals surface area contributed by atoms with Crippen molar-refractivity contribution in [1.29, 1.82) is 0 Å². The van der Waals surface area contributed by atoms with Gasteiger partial charge in [-0.3, -0.25) is 4.79 Å². The van der Waals surface area contributed by atoms with Gasteiger partial charge in [0, 0.05) is 13.1 Å². The molecule has 108 valence electrons. The minimum absolute atomic E-state index is 0.00502. The molecule has 4 rings (SSSR count). The van der Waals surface area contributed by atoms with Crippen LogP contribution in [0.3, 0.4) is 0 Å². The van der Waals surface area contributed by atoms with Crippen molar-refractivity contribution in [3.8, 4) is 0 Å². The zero-order valence-corrected chi connectivity index (χ0v) is 13.1. The standard InChI is InChI=1S/C17H29NO/c1-5-18(6-2)14(19)17-9-13-7-15(3,11-17)10-16(4,8-13)12-17/h13H,5-12H2,1-4H3. The summed E-state index contributed by atoms with van der Waals surface area (Å²) in [5.41, 5.74) is 0.878. The monoisotopic (exact) mass is 263 g/mol. The Balaban J connectivity index is 1.94. The predicted octanol–water partition coefficient (Wildman–Crippen LogP) is 3.85. The van der Waals surface area contributed by atoms with Crippen molar-refractivity contribution in [3.63, 3.8) is 0 Å². The van der Waals surface area contributed by atoms with Gasteiger partial charge in [0.05, 0.1) is 5.41 Å². The summed E-state index contributed by atoms with van der Waals surface area (Å²) in [6.45, 7) is 10.9. The van der Waals surface area contributed by atoms with E-state index in [1.54, 1.807) is 0 Å². The quantitative estimate of drug-likeness (QED) is 0.757. The lowest BCUT2D eigenvalue weighted by Crippen LogP contribution is -2.60. The summed E-state index contributed by atoms with van der Waals surface area (Å²) in [6, 6.07) is 0. The normalized spacial score (nSPS) is 47.5. The topological polar surface area (TPSA) is 20.3 Å². The highest BCUT2D eigenvalue weighted by molar-refractivity contribution is 5.83. The fraction of sp³-hybridized carbons (Fsp3) is 0.941. The average Bonchev–Trinajstić information content (AvgIpc) is 2.25. The molecule has 4 fully saturated rings. The van der Waals surface area contributed by atoms with Crippen molar-refractivity contribution in [2.45, 2.75) is 66.2 Å². The van der Waals surface area contributed by atoms with E-state index in [2.05, 4.69) is 32.6 Å². The maximum absolute atomic E-state index is 13.1. The van der Waals surface area contributed by atoms with Crippen LogP contribution in [0.25, 0.3) is 0 Å². The Kier molecular flexibility index (Phi) is 2.82. The molecule has 2 unspecified atom stereocenters. The van der Waals surface area contributed by atoms with Gasteiger partial charge < -0.3 is 4.90 Å². The Labute approximate surface area is 117 Å². The van der Waals surface area contributed by atoms with Gasteiger partial charge in [0.25, 0.3) is 0 Å². The summed E-state index contributed by atoms with van der Waals surface area (Å²) in [5.74, 6) is 1.28. The van der Waals surface area contributed by atoms with Crippen molar-refractivity contribution >= 4 is 5.91 Å². The Hall–Kier alpha value is -0.530. The van der Waals surface area contributed by atoms with Crippen LogP contribution in [0.5, 0.6) is 0 Å². The Bertz CT molecular complexity index is 380. The molecule has 0 saturated heterocycles. The van der Waals surface area contributed by atoms with Crippen LogP contribution in [-0.4, -0.2) is 23.9 Å². The molecule has 0 radical (unpaired) electrons. The highest BCUT2D eigenvalue weighted by Crippen LogP contribution is 2.69. The first-order valence-corrected chi connectivity index (χ1v) is 8.13. The summed E-state index contributed by atoms with van der Waals surface area (Å²) in [6.07, 6.45) is 7.58. The first-order valence-electron chi connectivity index (χ1n) is 8.13. The SMILES string of the molecule is CCN(CC)C(=O)C12CC3CC(C)(CC(C)(C3)C1)C2. The van der Waals surface area contributed by atoms with Gasteiger partial charge in [-0.05, 0) is 69.1 Å². The molecule has 2 heteroatoms. The molecule has 0 heterocycles. The Morgan fingerprint density at radius 2 is 1.53 bits per heavy atom. The summed E-state index contributed by atoms with van der Waals surface area (Å²) in [4.78, 5) is 15.2. The van der Waals surface area contributed by atoms with Gasteiger partial charge in [-0.1, -0.05) is 13.8 Å². The van der Waals surface area contributed by atoms with Crippen LogP contribution in [0.2, 0.25) is 0 Å². The summed E-state index contributed by atoms with van der Waals surface area (Å²) in [7, 11) is 0. The van der Waals surface area contributed by atoms with E-state index in [-0.39, 0.29) is 5.41 Å². The molecule has 4 bridgehead atoms. The molecule has 0 aromatic rings. The second-order valence-corrected chi connectivity index (χ2v) is 8.39. The van der Waals surface area contributed by atoms with Crippen LogP contribution >= 0.6 is 0 Å². The predicted molar refractivity (Wildman–Crippen MR) is 77.8 cm³/mol. The molecule has 4 aliphatic carbocycles. The Morgan fingerprint density at radius 1 is 1.00 bits per heavy atom. The molecule has 2 atom stereocenters. The fourth-order valence-corrected chi connectivity index (χ4v) is 6.53. The smallest absolute Gasteiger partial charge is 0.228 e. The van der Waals surface area contributed by atoms with Gasteiger partial charge in [0.2, 0.25) is 5.91 Å². The average molecular weight is 263 g/mol. The van der Waals surface area contributed by atoms with Crippen molar-refractivity contribution in [3.05, 3.63) is 0 Å². The highest BCUT2D eigenvalue weighted by atomic mass is 16.2. The van der Waals surface area contributed by atoms with Gasteiger partial charge >= 0.3 is 0 Å². The minimum atomic E-state index is -0.00502. The lowest BCUT2D eigenvalue weighted by molar-refractivity contribution is -0.179. The van der Waals surface area contributed by atoms with Crippen LogP contribution in [0, 0.1) is 22.2 Å². The lowest BCUT2D eigenvalue weighted by Gasteiger charge is -2.65. The zero-order valence-electron chi connectivity index (χ0n) is 13.1. The molecule has 0 aromatic heterocycles. The lowest BCUT2D eigenvalue weighted by atomic mass is 9.40. The van der Waals surface area contributed by atoms with E-state index < -0.39 is 0 Å². The van der Waals surface area contributed by atoms with Crippen LogP contribution in [-0.2, 0) is 4.79 Å². The number of nitrogens with zero attached hydrogens (tertiary/aromatic N) is 1. The van der Waals surface area contributed by atoms with Crippen LogP contribution in [0.1, 0.15) is 66.2 Å². The second-order valence-electron chi connectivity index (χ2n) is 8.39. The molecule has 19 heavy (non-hydrogen) atoms. The number of carbonyl (C=O) groups is 1. The summed E-state index contributed by atoms with van der Waals surface area (Å²) < 4.78 is 0. The van der Waals surface area contributed by atoms with Crippen LogP contribution in [0.4, 0.5) is 0 Å². The number of carbonyl (C=O) groups excluding carboxylic acids is 1. The van der Waals surface area contributed by atoms with E-state index in [4.69, 9.17) is 0 Å². The second kappa shape index (κ2) is 3.99.